The second kappa shape index (κ2) is 9.93. The first-order chi connectivity index (χ1) is 15.1. The molecular formula is C22H23N3O3S3. The van der Waals surface area contributed by atoms with Crippen molar-refractivity contribution in [3.05, 3.63) is 65.8 Å². The van der Waals surface area contributed by atoms with E-state index in [2.05, 4.69) is 22.2 Å². The number of hydrogen-bond acceptors (Lipinski definition) is 7. The molecule has 162 valence electrons. The molecule has 0 unspecified atom stereocenters. The summed E-state index contributed by atoms with van der Waals surface area (Å²) in [5.74, 6) is 0. The number of benzene rings is 1. The van der Waals surface area contributed by atoms with Crippen LogP contribution in [0.4, 0.5) is 4.79 Å². The Balaban J connectivity index is 1.49. The molecule has 0 aliphatic carbocycles. The summed E-state index contributed by atoms with van der Waals surface area (Å²) in [6.45, 7) is 4.28. The fourth-order valence-electron chi connectivity index (χ4n) is 3.69. The van der Waals surface area contributed by atoms with Crippen molar-refractivity contribution in [1.82, 2.24) is 14.3 Å². The molecule has 0 saturated carbocycles. The van der Waals surface area contributed by atoms with Crippen LogP contribution in [0.3, 0.4) is 0 Å². The fraction of sp³-hybridized carbons (Fsp3) is 0.318. The first-order valence-corrected chi connectivity index (χ1v) is 12.8. The maximum Gasteiger partial charge on any atom is 0.410 e. The third-order valence-electron chi connectivity index (χ3n) is 5.08. The SMILES string of the molecule is C=CCOC(=O)N1C[C@@H](SC(=O)c2ccccc2)C[C@H]1Cc1cn2c(SC)ncc2s1. The molecule has 3 heterocycles. The summed E-state index contributed by atoms with van der Waals surface area (Å²) in [5.41, 5.74) is 0.683. The van der Waals surface area contributed by atoms with Gasteiger partial charge in [-0.1, -0.05) is 66.5 Å². The van der Waals surface area contributed by atoms with E-state index < -0.39 is 0 Å². The van der Waals surface area contributed by atoms with Gasteiger partial charge in [-0.2, -0.15) is 0 Å². The lowest BCUT2D eigenvalue weighted by Gasteiger charge is -2.23. The summed E-state index contributed by atoms with van der Waals surface area (Å²) < 4.78 is 7.41. The van der Waals surface area contributed by atoms with E-state index in [9.17, 15) is 9.59 Å². The van der Waals surface area contributed by atoms with Gasteiger partial charge >= 0.3 is 6.09 Å². The number of nitrogens with zero attached hydrogens (tertiary/aromatic N) is 3. The Morgan fingerprint density at radius 2 is 2.16 bits per heavy atom. The van der Waals surface area contributed by atoms with Gasteiger partial charge in [0.05, 0.1) is 6.20 Å². The van der Waals surface area contributed by atoms with Crippen molar-refractivity contribution < 1.29 is 14.3 Å². The van der Waals surface area contributed by atoms with E-state index in [1.165, 1.54) is 16.6 Å². The van der Waals surface area contributed by atoms with E-state index in [1.54, 1.807) is 34.1 Å². The molecule has 1 aromatic carbocycles. The predicted molar refractivity (Wildman–Crippen MR) is 127 cm³/mol. The third-order valence-corrected chi connectivity index (χ3v) is 7.91. The molecule has 1 fully saturated rings. The van der Waals surface area contributed by atoms with Crippen molar-refractivity contribution in [3.8, 4) is 0 Å². The standard InChI is InChI=1S/C22H23N3O3S3/c1-3-9-28-22(27)24-13-18(31-20(26)15-7-5-4-6-8-15)11-16(24)10-17-14-25-19(30-17)12-23-21(25)29-2/h3-8,12,14,16,18H,1,9-11,13H2,2H3/t16-,18+/m1/s1. The Morgan fingerprint density at radius 1 is 1.35 bits per heavy atom. The Morgan fingerprint density at radius 3 is 2.90 bits per heavy atom. The van der Waals surface area contributed by atoms with Crippen molar-refractivity contribution in [3.63, 3.8) is 0 Å². The monoisotopic (exact) mass is 473 g/mol. The number of thioether (sulfide) groups is 2. The molecule has 6 nitrogen and oxygen atoms in total. The predicted octanol–water partition coefficient (Wildman–Crippen LogP) is 5.00. The summed E-state index contributed by atoms with van der Waals surface area (Å²) in [7, 11) is 0. The largest absolute Gasteiger partial charge is 0.445 e. The molecule has 4 rings (SSSR count). The lowest BCUT2D eigenvalue weighted by molar-refractivity contribution is 0.107. The van der Waals surface area contributed by atoms with Crippen LogP contribution in [0, 0.1) is 0 Å². The third kappa shape index (κ3) is 4.99. The summed E-state index contributed by atoms with van der Waals surface area (Å²) in [6, 6.07) is 9.24. The highest BCUT2D eigenvalue weighted by molar-refractivity contribution is 8.14. The van der Waals surface area contributed by atoms with E-state index in [0.717, 1.165) is 22.8 Å². The van der Waals surface area contributed by atoms with Crippen LogP contribution in [-0.4, -0.2) is 56.2 Å². The molecule has 2 aromatic heterocycles. The van der Waals surface area contributed by atoms with Gasteiger partial charge in [0, 0.05) is 40.9 Å². The van der Waals surface area contributed by atoms with Crippen LogP contribution >= 0.6 is 34.9 Å². The average molecular weight is 474 g/mol. The van der Waals surface area contributed by atoms with Gasteiger partial charge in [-0.05, 0) is 12.7 Å². The van der Waals surface area contributed by atoms with Gasteiger partial charge in [-0.25, -0.2) is 9.78 Å². The normalized spacial score (nSPS) is 18.4. The van der Waals surface area contributed by atoms with Crippen LogP contribution in [0.1, 0.15) is 21.7 Å². The molecule has 0 radical (unpaired) electrons. The van der Waals surface area contributed by atoms with E-state index in [4.69, 9.17) is 4.74 Å². The van der Waals surface area contributed by atoms with Crippen molar-refractivity contribution in [2.45, 2.75) is 29.3 Å². The zero-order chi connectivity index (χ0) is 21.8. The van der Waals surface area contributed by atoms with Gasteiger partial charge in [-0.15, -0.1) is 11.3 Å². The van der Waals surface area contributed by atoms with Crippen LogP contribution in [0.15, 0.2) is 60.5 Å². The topological polar surface area (TPSA) is 63.9 Å². The Bertz CT molecular complexity index is 1080. The maximum atomic E-state index is 12.7. The van der Waals surface area contributed by atoms with Crippen LogP contribution in [0.25, 0.3) is 4.83 Å². The van der Waals surface area contributed by atoms with Crippen LogP contribution in [0.2, 0.25) is 0 Å². The maximum absolute atomic E-state index is 12.7. The zero-order valence-electron chi connectivity index (χ0n) is 17.1. The minimum atomic E-state index is -0.352. The van der Waals surface area contributed by atoms with E-state index in [-0.39, 0.29) is 29.1 Å². The van der Waals surface area contributed by atoms with E-state index in [0.29, 0.717) is 12.1 Å². The van der Waals surface area contributed by atoms with Crippen molar-refractivity contribution in [1.29, 1.82) is 0 Å². The van der Waals surface area contributed by atoms with Gasteiger partial charge in [0.15, 0.2) is 5.16 Å². The number of ether oxygens (including phenoxy) is 1. The lowest BCUT2D eigenvalue weighted by atomic mass is 10.1. The number of fused-ring (bicyclic) bond motifs is 1. The minimum Gasteiger partial charge on any atom is -0.445 e. The second-order valence-electron chi connectivity index (χ2n) is 7.16. The van der Waals surface area contributed by atoms with Crippen molar-refractivity contribution >= 4 is 50.9 Å². The Kier molecular flexibility index (Phi) is 7.04. The van der Waals surface area contributed by atoms with Crippen LogP contribution in [0.5, 0.6) is 0 Å². The minimum absolute atomic E-state index is 0.0209. The Labute approximate surface area is 193 Å². The first-order valence-electron chi connectivity index (χ1n) is 9.89. The number of carbonyl (C=O) groups is 2. The van der Waals surface area contributed by atoms with Crippen LogP contribution in [-0.2, 0) is 11.2 Å². The van der Waals surface area contributed by atoms with E-state index in [1.807, 2.05) is 42.8 Å². The number of rotatable bonds is 7. The second-order valence-corrected chi connectivity index (χ2v) is 10.3. The molecule has 1 amide bonds. The summed E-state index contributed by atoms with van der Waals surface area (Å²) >= 11 is 4.60. The molecule has 3 aromatic rings. The summed E-state index contributed by atoms with van der Waals surface area (Å²) in [5, 5.41) is 1.02. The molecular weight excluding hydrogens is 450 g/mol. The molecule has 1 aliphatic heterocycles. The highest BCUT2D eigenvalue weighted by Crippen LogP contribution is 2.34. The van der Waals surface area contributed by atoms with E-state index >= 15 is 0 Å². The van der Waals surface area contributed by atoms with Gasteiger partial charge in [0.1, 0.15) is 11.4 Å². The first kappa shape index (κ1) is 22.0. The highest BCUT2D eigenvalue weighted by atomic mass is 32.2. The smallest absolute Gasteiger partial charge is 0.410 e. The molecule has 0 N–H and O–H groups in total. The number of carbonyl (C=O) groups excluding carboxylic acids is 2. The lowest BCUT2D eigenvalue weighted by Crippen LogP contribution is -2.37. The van der Waals surface area contributed by atoms with Gasteiger partial charge in [0.25, 0.3) is 0 Å². The zero-order valence-corrected chi connectivity index (χ0v) is 19.5. The molecule has 2 atom stereocenters. The number of thiazole rings is 1. The molecule has 31 heavy (non-hydrogen) atoms. The van der Waals surface area contributed by atoms with Gasteiger partial charge in [-0.3, -0.25) is 9.20 Å². The van der Waals surface area contributed by atoms with Crippen molar-refractivity contribution in [2.24, 2.45) is 0 Å². The molecule has 0 bridgehead atoms. The number of likely N-dealkylation sites (tertiary alicyclic amines) is 1. The fourth-order valence-corrected chi connectivity index (χ4v) is 6.43. The van der Waals surface area contributed by atoms with Crippen LogP contribution < -0.4 is 0 Å². The number of imidazole rings is 1. The van der Waals surface area contributed by atoms with Gasteiger partial charge < -0.3 is 9.64 Å². The Hall–Kier alpha value is -2.23. The quantitative estimate of drug-likeness (QED) is 0.355. The van der Waals surface area contributed by atoms with Crippen molar-refractivity contribution in [2.75, 3.05) is 19.4 Å². The number of hydrogen-bond donors (Lipinski definition) is 0. The number of aromatic nitrogens is 2. The number of amides is 1. The highest BCUT2D eigenvalue weighted by Gasteiger charge is 2.38. The molecule has 1 aliphatic rings. The summed E-state index contributed by atoms with van der Waals surface area (Å²) in [4.78, 5) is 33.8. The average Bonchev–Trinajstić information content (AvgIpc) is 3.47. The molecule has 0 spiro atoms. The summed E-state index contributed by atoms with van der Waals surface area (Å²) in [6.07, 6.45) is 8.66. The molecule has 9 heteroatoms. The van der Waals surface area contributed by atoms with Gasteiger partial charge in [0.2, 0.25) is 5.12 Å². The molecule has 1 saturated heterocycles.